The van der Waals surface area contributed by atoms with Crippen LogP contribution in [0.15, 0.2) is 79.0 Å². The highest BCUT2D eigenvalue weighted by atomic mass is 19.1. The molecule has 3 aromatic carbocycles. The zero-order valence-corrected chi connectivity index (χ0v) is 17.8. The molecular weight excluding hydrogens is 387 g/mol. The van der Waals surface area contributed by atoms with Crippen molar-refractivity contribution in [2.24, 2.45) is 0 Å². The maximum atomic E-state index is 13.3. The van der Waals surface area contributed by atoms with Gasteiger partial charge in [-0.1, -0.05) is 60.2 Å². The molecule has 0 atom stereocenters. The highest BCUT2D eigenvalue weighted by Gasteiger charge is 2.10. The minimum Gasteiger partial charge on any atom is -0.352 e. The summed E-state index contributed by atoms with van der Waals surface area (Å²) in [5.41, 5.74) is 5.80. The van der Waals surface area contributed by atoms with Crippen molar-refractivity contribution in [3.05, 3.63) is 107 Å². The molecule has 4 rings (SSSR count). The standard InChI is InChI=1S/C27H27FN2O/c1-20-7-4-9-22(15-20)18-30-19-23(25-12-2-3-13-26(25)30)10-6-14-27(31)29-17-21-8-5-11-24(28)16-21/h2-5,7-9,11-13,15-16,19H,6,10,14,17-18H2,1H3,(H,29,31). The third-order valence-corrected chi connectivity index (χ3v) is 5.54. The lowest BCUT2D eigenvalue weighted by Crippen LogP contribution is -2.22. The number of hydrogen-bond donors (Lipinski definition) is 1. The molecule has 0 unspecified atom stereocenters. The summed E-state index contributed by atoms with van der Waals surface area (Å²) in [6, 6.07) is 23.3. The molecular formula is C27H27FN2O. The van der Waals surface area contributed by atoms with Crippen LogP contribution in [-0.4, -0.2) is 10.5 Å². The number of carbonyl (C=O) groups excluding carboxylic acids is 1. The van der Waals surface area contributed by atoms with Crippen LogP contribution in [0.1, 0.15) is 35.1 Å². The second kappa shape index (κ2) is 9.61. The number of aromatic nitrogens is 1. The first-order valence-corrected chi connectivity index (χ1v) is 10.7. The van der Waals surface area contributed by atoms with E-state index in [4.69, 9.17) is 0 Å². The van der Waals surface area contributed by atoms with Crippen molar-refractivity contribution in [1.82, 2.24) is 9.88 Å². The normalized spacial score (nSPS) is 11.0. The Hall–Kier alpha value is -3.40. The number of halogens is 1. The van der Waals surface area contributed by atoms with Crippen LogP contribution >= 0.6 is 0 Å². The Morgan fingerprint density at radius 2 is 1.77 bits per heavy atom. The van der Waals surface area contributed by atoms with E-state index in [1.54, 1.807) is 6.07 Å². The summed E-state index contributed by atoms with van der Waals surface area (Å²) < 4.78 is 15.5. The summed E-state index contributed by atoms with van der Waals surface area (Å²) in [5, 5.41) is 4.13. The van der Waals surface area contributed by atoms with Gasteiger partial charge in [0.1, 0.15) is 5.82 Å². The second-order valence-electron chi connectivity index (χ2n) is 8.05. The molecule has 0 saturated heterocycles. The van der Waals surface area contributed by atoms with Gasteiger partial charge in [-0.25, -0.2) is 4.39 Å². The van der Waals surface area contributed by atoms with Crippen LogP contribution in [0.5, 0.6) is 0 Å². The number of amides is 1. The first-order chi connectivity index (χ1) is 15.1. The number of nitrogens with zero attached hydrogens (tertiary/aromatic N) is 1. The predicted molar refractivity (Wildman–Crippen MR) is 123 cm³/mol. The highest BCUT2D eigenvalue weighted by molar-refractivity contribution is 5.84. The van der Waals surface area contributed by atoms with Gasteiger partial charge in [-0.2, -0.15) is 0 Å². The van der Waals surface area contributed by atoms with Crippen LogP contribution < -0.4 is 5.32 Å². The Bertz CT molecular complexity index is 1190. The van der Waals surface area contributed by atoms with Crippen molar-refractivity contribution >= 4 is 16.8 Å². The largest absolute Gasteiger partial charge is 0.352 e. The highest BCUT2D eigenvalue weighted by Crippen LogP contribution is 2.24. The zero-order chi connectivity index (χ0) is 21.6. The minimum atomic E-state index is -0.284. The van der Waals surface area contributed by atoms with Gasteiger partial charge in [0.25, 0.3) is 0 Å². The average molecular weight is 415 g/mol. The van der Waals surface area contributed by atoms with E-state index in [0.29, 0.717) is 13.0 Å². The van der Waals surface area contributed by atoms with Gasteiger partial charge in [0.2, 0.25) is 5.91 Å². The van der Waals surface area contributed by atoms with E-state index in [1.165, 1.54) is 39.7 Å². The SMILES string of the molecule is Cc1cccc(Cn2cc(CCCC(=O)NCc3cccc(F)c3)c3ccccc32)c1. The second-order valence-corrected chi connectivity index (χ2v) is 8.05. The van der Waals surface area contributed by atoms with E-state index in [-0.39, 0.29) is 11.7 Å². The number of aryl methyl sites for hydroxylation is 2. The van der Waals surface area contributed by atoms with Crippen LogP contribution in [0.2, 0.25) is 0 Å². The van der Waals surface area contributed by atoms with Crippen LogP contribution in [0.3, 0.4) is 0 Å². The lowest BCUT2D eigenvalue weighted by Gasteiger charge is -2.06. The fourth-order valence-electron chi connectivity index (χ4n) is 4.04. The van der Waals surface area contributed by atoms with Gasteiger partial charge >= 0.3 is 0 Å². The van der Waals surface area contributed by atoms with Crippen molar-refractivity contribution in [2.75, 3.05) is 0 Å². The van der Waals surface area contributed by atoms with Crippen molar-refractivity contribution < 1.29 is 9.18 Å². The Morgan fingerprint density at radius 3 is 2.61 bits per heavy atom. The molecule has 158 valence electrons. The third-order valence-electron chi connectivity index (χ3n) is 5.54. The average Bonchev–Trinajstić information content (AvgIpc) is 3.10. The number of nitrogens with one attached hydrogen (secondary N) is 1. The molecule has 4 aromatic rings. The molecule has 0 bridgehead atoms. The van der Waals surface area contributed by atoms with Gasteiger partial charge in [-0.3, -0.25) is 4.79 Å². The maximum Gasteiger partial charge on any atom is 0.220 e. The summed E-state index contributed by atoms with van der Waals surface area (Å²) in [5.74, 6) is -0.290. The summed E-state index contributed by atoms with van der Waals surface area (Å²) in [7, 11) is 0. The van der Waals surface area contributed by atoms with E-state index in [9.17, 15) is 9.18 Å². The topological polar surface area (TPSA) is 34.0 Å². The smallest absolute Gasteiger partial charge is 0.220 e. The molecule has 0 aliphatic carbocycles. The maximum absolute atomic E-state index is 13.3. The number of hydrogen-bond acceptors (Lipinski definition) is 1. The van der Waals surface area contributed by atoms with Crippen molar-refractivity contribution in [3.63, 3.8) is 0 Å². The van der Waals surface area contributed by atoms with Crippen molar-refractivity contribution in [3.8, 4) is 0 Å². The summed E-state index contributed by atoms with van der Waals surface area (Å²) in [6.45, 7) is 3.30. The first kappa shape index (κ1) is 20.9. The number of fused-ring (bicyclic) bond motifs is 1. The summed E-state index contributed by atoms with van der Waals surface area (Å²) >= 11 is 0. The quantitative estimate of drug-likeness (QED) is 0.390. The molecule has 31 heavy (non-hydrogen) atoms. The van der Waals surface area contributed by atoms with Gasteiger partial charge in [0.15, 0.2) is 0 Å². The Kier molecular flexibility index (Phi) is 6.46. The van der Waals surface area contributed by atoms with Crippen LogP contribution in [0.25, 0.3) is 10.9 Å². The predicted octanol–water partition coefficient (Wildman–Crippen LogP) is 5.78. The van der Waals surface area contributed by atoms with Gasteiger partial charge in [-0.15, -0.1) is 0 Å². The van der Waals surface area contributed by atoms with E-state index in [0.717, 1.165) is 24.9 Å². The zero-order valence-electron chi connectivity index (χ0n) is 17.8. The molecule has 0 saturated carbocycles. The van der Waals surface area contributed by atoms with Crippen molar-refractivity contribution in [2.45, 2.75) is 39.3 Å². The minimum absolute atomic E-state index is 0.00670. The van der Waals surface area contributed by atoms with Crippen molar-refractivity contribution in [1.29, 1.82) is 0 Å². The number of rotatable bonds is 8. The number of benzene rings is 3. The van der Waals surface area contributed by atoms with E-state index < -0.39 is 0 Å². The summed E-state index contributed by atoms with van der Waals surface area (Å²) in [6.07, 6.45) is 4.28. The lowest BCUT2D eigenvalue weighted by molar-refractivity contribution is -0.121. The molecule has 1 heterocycles. The van der Waals surface area contributed by atoms with Gasteiger partial charge in [-0.05, 0) is 54.7 Å². The number of carbonyl (C=O) groups is 1. The van der Waals surface area contributed by atoms with Crippen LogP contribution in [-0.2, 0) is 24.3 Å². The van der Waals surface area contributed by atoms with Crippen LogP contribution in [0.4, 0.5) is 4.39 Å². The Balaban J connectivity index is 1.37. The molecule has 0 spiro atoms. The van der Waals surface area contributed by atoms with Gasteiger partial charge in [0.05, 0.1) is 0 Å². The molecule has 0 aliphatic rings. The Morgan fingerprint density at radius 1 is 0.968 bits per heavy atom. The summed E-state index contributed by atoms with van der Waals surface area (Å²) in [4.78, 5) is 12.2. The molecule has 0 fully saturated rings. The lowest BCUT2D eigenvalue weighted by atomic mass is 10.1. The van der Waals surface area contributed by atoms with Gasteiger partial charge < -0.3 is 9.88 Å². The fourth-order valence-corrected chi connectivity index (χ4v) is 4.04. The first-order valence-electron chi connectivity index (χ1n) is 10.7. The molecule has 3 nitrogen and oxygen atoms in total. The third kappa shape index (κ3) is 5.40. The van der Waals surface area contributed by atoms with E-state index in [1.807, 2.05) is 6.07 Å². The molecule has 1 amide bonds. The molecule has 0 aliphatic heterocycles. The number of para-hydroxylation sites is 1. The van der Waals surface area contributed by atoms with Gasteiger partial charge in [0, 0.05) is 36.6 Å². The molecule has 0 radical (unpaired) electrons. The van der Waals surface area contributed by atoms with E-state index >= 15 is 0 Å². The molecule has 1 aromatic heterocycles. The molecule has 4 heteroatoms. The monoisotopic (exact) mass is 414 g/mol. The molecule has 1 N–H and O–H groups in total. The van der Waals surface area contributed by atoms with Crippen LogP contribution in [0, 0.1) is 12.7 Å². The Labute approximate surface area is 182 Å². The van der Waals surface area contributed by atoms with E-state index in [2.05, 4.69) is 71.5 Å². The fraction of sp³-hybridized carbons (Fsp3) is 0.222.